The van der Waals surface area contributed by atoms with Gasteiger partial charge in [0.05, 0.1) is 31.7 Å². The molecule has 32 heavy (non-hydrogen) atoms. The SMILES string of the molecule is C[C@]1(OCc2ccccc2)C(O)S[C@H](COCc2ccccc2)[C@H]1OCc1ccccc1. The van der Waals surface area contributed by atoms with Crippen LogP contribution in [0.4, 0.5) is 0 Å². The van der Waals surface area contributed by atoms with Crippen molar-refractivity contribution < 1.29 is 19.3 Å². The largest absolute Gasteiger partial charge is 0.379 e. The summed E-state index contributed by atoms with van der Waals surface area (Å²) < 4.78 is 18.7. The lowest BCUT2D eigenvalue weighted by Crippen LogP contribution is -2.49. The molecule has 1 aliphatic heterocycles. The molecule has 3 aromatic rings. The minimum absolute atomic E-state index is 0.0433. The molecule has 1 aliphatic rings. The molecular formula is C27H30O4S. The lowest BCUT2D eigenvalue weighted by atomic mass is 9.96. The van der Waals surface area contributed by atoms with Gasteiger partial charge in [0.25, 0.3) is 0 Å². The molecule has 4 atom stereocenters. The number of rotatable bonds is 10. The van der Waals surface area contributed by atoms with Crippen molar-refractivity contribution in [2.24, 2.45) is 0 Å². The van der Waals surface area contributed by atoms with Crippen molar-refractivity contribution in [3.05, 3.63) is 108 Å². The van der Waals surface area contributed by atoms with Gasteiger partial charge in [0.15, 0.2) is 0 Å². The first kappa shape index (κ1) is 23.0. The van der Waals surface area contributed by atoms with Gasteiger partial charge in [-0.1, -0.05) is 91.0 Å². The monoisotopic (exact) mass is 450 g/mol. The van der Waals surface area contributed by atoms with Crippen molar-refractivity contribution >= 4 is 11.8 Å². The molecule has 1 saturated heterocycles. The van der Waals surface area contributed by atoms with Gasteiger partial charge in [-0.2, -0.15) is 0 Å². The fourth-order valence-corrected chi connectivity index (χ4v) is 5.34. The molecule has 0 bridgehead atoms. The number of thioether (sulfide) groups is 1. The Kier molecular flexibility index (Phi) is 8.00. The normalized spacial score (nSPS) is 25.1. The lowest BCUT2D eigenvalue weighted by molar-refractivity contribution is -0.169. The van der Waals surface area contributed by atoms with Crippen molar-refractivity contribution in [3.8, 4) is 0 Å². The third-order valence-electron chi connectivity index (χ3n) is 5.76. The predicted octanol–water partition coefficient (Wildman–Crippen LogP) is 5.20. The molecule has 4 rings (SSSR count). The van der Waals surface area contributed by atoms with Gasteiger partial charge in [-0.15, -0.1) is 11.8 Å². The Morgan fingerprint density at radius 2 is 1.25 bits per heavy atom. The molecule has 1 N–H and O–H groups in total. The molecule has 1 fully saturated rings. The molecule has 3 aromatic carbocycles. The minimum Gasteiger partial charge on any atom is -0.379 e. The van der Waals surface area contributed by atoms with Crippen LogP contribution in [-0.4, -0.2) is 34.1 Å². The van der Waals surface area contributed by atoms with Gasteiger partial charge < -0.3 is 19.3 Å². The molecule has 168 valence electrons. The molecule has 0 spiro atoms. The maximum atomic E-state index is 11.0. The van der Waals surface area contributed by atoms with E-state index in [0.29, 0.717) is 26.4 Å². The molecule has 0 amide bonds. The van der Waals surface area contributed by atoms with Gasteiger partial charge in [0.2, 0.25) is 0 Å². The number of ether oxygens (including phenoxy) is 3. The summed E-state index contributed by atoms with van der Waals surface area (Å²) in [6, 6.07) is 30.2. The fraction of sp³-hybridized carbons (Fsp3) is 0.333. The lowest BCUT2D eigenvalue weighted by Gasteiger charge is -2.35. The smallest absolute Gasteiger partial charge is 0.131 e. The molecule has 1 unspecified atom stereocenters. The summed E-state index contributed by atoms with van der Waals surface area (Å²) in [5, 5.41) is 10.9. The molecule has 5 heteroatoms. The number of hydrogen-bond donors (Lipinski definition) is 1. The Labute approximate surface area is 194 Å². The van der Waals surface area contributed by atoms with Crippen LogP contribution in [0.2, 0.25) is 0 Å². The standard InChI is InChI=1S/C27H30O4S/c1-27(31-19-23-15-9-4-10-16-23)25(30-18-22-13-7-3-8-14-22)24(32-26(27)28)20-29-17-21-11-5-2-6-12-21/h2-16,24-26,28H,17-20H2,1H3/t24-,25-,26?,27-/m1/s1. The van der Waals surface area contributed by atoms with Gasteiger partial charge >= 0.3 is 0 Å². The van der Waals surface area contributed by atoms with Crippen LogP contribution in [0, 0.1) is 0 Å². The van der Waals surface area contributed by atoms with Crippen molar-refractivity contribution in [1.82, 2.24) is 0 Å². The van der Waals surface area contributed by atoms with E-state index in [1.165, 1.54) is 11.8 Å². The van der Waals surface area contributed by atoms with Crippen molar-refractivity contribution in [2.45, 2.75) is 49.1 Å². The van der Waals surface area contributed by atoms with E-state index in [1.807, 2.05) is 97.9 Å². The zero-order chi connectivity index (χ0) is 22.2. The average molecular weight is 451 g/mol. The maximum Gasteiger partial charge on any atom is 0.131 e. The number of aliphatic hydroxyl groups excluding tert-OH is 1. The Morgan fingerprint density at radius 1 is 0.750 bits per heavy atom. The summed E-state index contributed by atoms with van der Waals surface area (Å²) >= 11 is 1.47. The van der Waals surface area contributed by atoms with Gasteiger partial charge in [0.1, 0.15) is 17.1 Å². The molecule has 4 nitrogen and oxygen atoms in total. The second-order valence-corrected chi connectivity index (χ2v) is 9.53. The van der Waals surface area contributed by atoms with Gasteiger partial charge in [-0.25, -0.2) is 0 Å². The van der Waals surface area contributed by atoms with E-state index in [1.54, 1.807) is 0 Å². The number of hydrogen-bond acceptors (Lipinski definition) is 5. The van der Waals surface area contributed by atoms with Gasteiger partial charge in [-0.05, 0) is 23.6 Å². The first-order valence-electron chi connectivity index (χ1n) is 10.9. The molecule has 0 aromatic heterocycles. The summed E-state index contributed by atoms with van der Waals surface area (Å²) in [7, 11) is 0. The zero-order valence-electron chi connectivity index (χ0n) is 18.3. The molecule has 1 heterocycles. The maximum absolute atomic E-state index is 11.0. The summed E-state index contributed by atoms with van der Waals surface area (Å²) in [6.07, 6.45) is -0.317. The highest BCUT2D eigenvalue weighted by Gasteiger charge is 2.54. The fourth-order valence-electron chi connectivity index (χ4n) is 3.88. The van der Waals surface area contributed by atoms with Crippen LogP contribution in [0.25, 0.3) is 0 Å². The van der Waals surface area contributed by atoms with E-state index in [0.717, 1.165) is 16.7 Å². The third kappa shape index (κ3) is 5.80. The van der Waals surface area contributed by atoms with E-state index >= 15 is 0 Å². The first-order chi connectivity index (χ1) is 15.6. The van der Waals surface area contributed by atoms with E-state index in [2.05, 4.69) is 0 Å². The quantitative estimate of drug-likeness (QED) is 0.460. The first-order valence-corrected chi connectivity index (χ1v) is 11.9. The minimum atomic E-state index is -0.851. The zero-order valence-corrected chi connectivity index (χ0v) is 19.1. The van der Waals surface area contributed by atoms with Crippen LogP contribution in [-0.2, 0) is 34.0 Å². The Balaban J connectivity index is 1.45. The average Bonchev–Trinajstić information content (AvgIpc) is 3.07. The van der Waals surface area contributed by atoms with E-state index < -0.39 is 11.0 Å². The van der Waals surface area contributed by atoms with E-state index in [-0.39, 0.29) is 11.4 Å². The van der Waals surface area contributed by atoms with Crippen LogP contribution in [0.15, 0.2) is 91.0 Å². The second kappa shape index (κ2) is 11.1. The van der Waals surface area contributed by atoms with Gasteiger partial charge in [0, 0.05) is 0 Å². The Hall–Kier alpha value is -2.15. The number of benzene rings is 3. The van der Waals surface area contributed by atoms with E-state index in [9.17, 15) is 5.11 Å². The van der Waals surface area contributed by atoms with Crippen LogP contribution in [0.3, 0.4) is 0 Å². The summed E-state index contributed by atoms with van der Waals surface area (Å²) in [6.45, 7) is 3.82. The van der Waals surface area contributed by atoms with Crippen molar-refractivity contribution in [2.75, 3.05) is 6.61 Å². The highest BCUT2D eigenvalue weighted by molar-refractivity contribution is 8.00. The second-order valence-electron chi connectivity index (χ2n) is 8.20. The summed E-state index contributed by atoms with van der Waals surface area (Å²) in [5.74, 6) is 0. The van der Waals surface area contributed by atoms with Crippen LogP contribution >= 0.6 is 11.8 Å². The van der Waals surface area contributed by atoms with Crippen LogP contribution in [0.1, 0.15) is 23.6 Å². The molecule has 0 radical (unpaired) electrons. The van der Waals surface area contributed by atoms with Crippen LogP contribution < -0.4 is 0 Å². The van der Waals surface area contributed by atoms with E-state index in [4.69, 9.17) is 14.2 Å². The number of aliphatic hydroxyl groups is 1. The Morgan fingerprint density at radius 3 is 1.81 bits per heavy atom. The molecular weight excluding hydrogens is 420 g/mol. The third-order valence-corrected chi connectivity index (χ3v) is 7.21. The highest BCUT2D eigenvalue weighted by Crippen LogP contribution is 2.45. The van der Waals surface area contributed by atoms with Gasteiger partial charge in [-0.3, -0.25) is 0 Å². The topological polar surface area (TPSA) is 47.9 Å². The molecule has 0 aliphatic carbocycles. The highest BCUT2D eigenvalue weighted by atomic mass is 32.2. The van der Waals surface area contributed by atoms with Crippen molar-refractivity contribution in [3.63, 3.8) is 0 Å². The van der Waals surface area contributed by atoms with Crippen molar-refractivity contribution in [1.29, 1.82) is 0 Å². The van der Waals surface area contributed by atoms with Crippen LogP contribution in [0.5, 0.6) is 0 Å². The Bertz CT molecular complexity index is 938. The predicted molar refractivity (Wildman–Crippen MR) is 128 cm³/mol. The summed E-state index contributed by atoms with van der Waals surface area (Å²) in [4.78, 5) is 0. The summed E-state index contributed by atoms with van der Waals surface area (Å²) in [5.41, 5.74) is 1.72. The molecule has 0 saturated carbocycles.